The van der Waals surface area contributed by atoms with Gasteiger partial charge in [0.25, 0.3) is 10.0 Å². The summed E-state index contributed by atoms with van der Waals surface area (Å²) >= 11 is 3.50. The van der Waals surface area contributed by atoms with E-state index in [9.17, 15) is 8.42 Å². The fourth-order valence-electron chi connectivity index (χ4n) is 5.08. The van der Waals surface area contributed by atoms with Gasteiger partial charge < -0.3 is 14.1 Å². The van der Waals surface area contributed by atoms with Gasteiger partial charge in [-0.05, 0) is 86.8 Å². The Morgan fingerprint density at radius 2 is 1.81 bits per heavy atom. The van der Waals surface area contributed by atoms with Crippen molar-refractivity contribution in [1.29, 1.82) is 0 Å². The zero-order chi connectivity index (χ0) is 30.7. The number of rotatable bonds is 6. The monoisotopic (exact) mass is 668 g/mol. The minimum absolute atomic E-state index is 0.00511. The summed E-state index contributed by atoms with van der Waals surface area (Å²) in [7, 11) is -5.93. The molecule has 224 valence electrons. The Morgan fingerprint density at radius 3 is 2.50 bits per heavy atom. The third-order valence-corrected chi connectivity index (χ3v) is 15.2. The molecule has 2 aromatic carbocycles. The van der Waals surface area contributed by atoms with Gasteiger partial charge in [-0.1, -0.05) is 48.8 Å². The molecule has 42 heavy (non-hydrogen) atoms. The molecule has 4 aromatic rings. The zero-order valence-electron chi connectivity index (χ0n) is 25.7. The van der Waals surface area contributed by atoms with Crippen LogP contribution in [0.2, 0.25) is 18.1 Å². The number of sulfonamides is 1. The van der Waals surface area contributed by atoms with Gasteiger partial charge in [-0.3, -0.25) is 4.31 Å². The highest BCUT2D eigenvalue weighted by molar-refractivity contribution is 9.10. The molecule has 1 aliphatic heterocycles. The fraction of sp³-hybridized carbons (Fsp3) is 0.406. The standard InChI is InChI=1S/C32H41BrN4O3SSi/c1-31(2,3)35-27-19-23(20-36-17-15-34-30(27)36)25-10-9-11-28(26(25)21-40-42(7,8)32(4,5)6)37-16-14-22-18-24(33)12-13-29(22)41(37,38)39/h9-13,15,17-20,35H,14,16,21H2,1-8H3. The Hall–Kier alpha value is -2.66. The van der Waals surface area contributed by atoms with Crippen LogP contribution >= 0.6 is 15.9 Å². The molecule has 0 bridgehead atoms. The molecule has 5 rings (SSSR count). The van der Waals surface area contributed by atoms with Crippen molar-refractivity contribution in [2.45, 2.75) is 83.1 Å². The number of hydrogen-bond acceptors (Lipinski definition) is 5. The lowest BCUT2D eigenvalue weighted by Gasteiger charge is -2.37. The molecule has 0 saturated heterocycles. The summed E-state index contributed by atoms with van der Waals surface area (Å²) in [5, 5.41) is 3.61. The molecule has 0 spiro atoms. The minimum Gasteiger partial charge on any atom is -0.412 e. The molecule has 0 unspecified atom stereocenters. The largest absolute Gasteiger partial charge is 0.412 e. The van der Waals surface area contributed by atoms with Gasteiger partial charge in [-0.25, -0.2) is 13.4 Å². The van der Waals surface area contributed by atoms with Gasteiger partial charge in [-0.15, -0.1) is 0 Å². The first-order chi connectivity index (χ1) is 19.5. The summed E-state index contributed by atoms with van der Waals surface area (Å²) in [6.07, 6.45) is 6.41. The maximum Gasteiger partial charge on any atom is 0.264 e. The normalized spacial score (nSPS) is 15.6. The van der Waals surface area contributed by atoms with E-state index in [1.54, 1.807) is 22.6 Å². The molecule has 2 aromatic heterocycles. The third kappa shape index (κ3) is 5.91. The van der Waals surface area contributed by atoms with Crippen LogP contribution in [0.5, 0.6) is 0 Å². The number of fused-ring (bicyclic) bond motifs is 2. The Balaban J connectivity index is 1.69. The highest BCUT2D eigenvalue weighted by atomic mass is 79.9. The number of benzene rings is 2. The fourth-order valence-corrected chi connectivity index (χ4v) is 8.16. The van der Waals surface area contributed by atoms with E-state index in [2.05, 4.69) is 99.2 Å². The van der Waals surface area contributed by atoms with E-state index in [1.165, 1.54) is 0 Å². The SMILES string of the molecule is CC(C)(C)Nc1cc(-c2cccc(N3CCc4cc(Br)ccc4S3(=O)=O)c2CO[Si](C)(C)C(C)(C)C)cn2ccnc12. The van der Waals surface area contributed by atoms with Crippen molar-refractivity contribution in [3.05, 3.63) is 76.7 Å². The number of anilines is 2. The molecule has 0 atom stereocenters. The zero-order valence-corrected chi connectivity index (χ0v) is 29.1. The topological polar surface area (TPSA) is 75.9 Å². The van der Waals surface area contributed by atoms with Crippen molar-refractivity contribution in [1.82, 2.24) is 9.38 Å². The second-order valence-electron chi connectivity index (χ2n) is 13.6. The van der Waals surface area contributed by atoms with E-state index < -0.39 is 18.3 Å². The Morgan fingerprint density at radius 1 is 1.07 bits per heavy atom. The highest BCUT2D eigenvalue weighted by Crippen LogP contribution is 2.42. The summed E-state index contributed by atoms with van der Waals surface area (Å²) in [5.74, 6) is 0. The number of nitrogens with zero attached hydrogens (tertiary/aromatic N) is 3. The molecule has 3 heterocycles. The van der Waals surface area contributed by atoms with E-state index in [1.807, 2.05) is 28.8 Å². The maximum atomic E-state index is 14.1. The molecule has 0 fully saturated rings. The molecular formula is C32H41BrN4O3SSi. The van der Waals surface area contributed by atoms with Crippen LogP contribution < -0.4 is 9.62 Å². The van der Waals surface area contributed by atoms with Crippen LogP contribution in [0.1, 0.15) is 52.7 Å². The van der Waals surface area contributed by atoms with Gasteiger partial charge in [0.15, 0.2) is 14.0 Å². The molecule has 0 saturated carbocycles. The van der Waals surface area contributed by atoms with Crippen molar-refractivity contribution in [3.63, 3.8) is 0 Å². The van der Waals surface area contributed by atoms with Crippen molar-refractivity contribution in [3.8, 4) is 11.1 Å². The van der Waals surface area contributed by atoms with E-state index in [-0.39, 0.29) is 10.6 Å². The summed E-state index contributed by atoms with van der Waals surface area (Å²) in [6.45, 7) is 18.1. The Bertz CT molecular complexity index is 1750. The number of nitrogens with one attached hydrogen (secondary N) is 1. The number of halogens is 1. The first-order valence-electron chi connectivity index (χ1n) is 14.3. The summed E-state index contributed by atoms with van der Waals surface area (Å²) < 4.78 is 39.4. The van der Waals surface area contributed by atoms with Crippen LogP contribution in [0.25, 0.3) is 16.8 Å². The quantitative estimate of drug-likeness (QED) is 0.209. The van der Waals surface area contributed by atoms with E-state index in [0.29, 0.717) is 30.2 Å². The molecule has 7 nitrogen and oxygen atoms in total. The second kappa shape index (κ2) is 10.8. The van der Waals surface area contributed by atoms with Crippen LogP contribution in [0.15, 0.2) is 70.4 Å². The van der Waals surface area contributed by atoms with Gasteiger partial charge in [-0.2, -0.15) is 0 Å². The third-order valence-electron chi connectivity index (χ3n) is 8.29. The first kappa shape index (κ1) is 30.8. The van der Waals surface area contributed by atoms with E-state index >= 15 is 0 Å². The summed E-state index contributed by atoms with van der Waals surface area (Å²) in [4.78, 5) is 4.94. The van der Waals surface area contributed by atoms with Crippen molar-refractivity contribution in [2.24, 2.45) is 0 Å². The minimum atomic E-state index is -3.77. The summed E-state index contributed by atoms with van der Waals surface area (Å²) in [6, 6.07) is 13.4. The average Bonchev–Trinajstić information content (AvgIpc) is 3.35. The van der Waals surface area contributed by atoms with E-state index in [4.69, 9.17) is 4.43 Å². The predicted molar refractivity (Wildman–Crippen MR) is 178 cm³/mol. The molecule has 0 amide bonds. The smallest absolute Gasteiger partial charge is 0.264 e. The number of pyridine rings is 1. The van der Waals surface area contributed by atoms with Crippen molar-refractivity contribution >= 4 is 51.3 Å². The van der Waals surface area contributed by atoms with Gasteiger partial charge >= 0.3 is 0 Å². The Kier molecular flexibility index (Phi) is 7.92. The van der Waals surface area contributed by atoms with Crippen LogP contribution in [-0.2, 0) is 27.5 Å². The predicted octanol–water partition coefficient (Wildman–Crippen LogP) is 8.25. The molecule has 1 N–H and O–H groups in total. The lowest BCUT2D eigenvalue weighted by molar-refractivity contribution is 0.277. The highest BCUT2D eigenvalue weighted by Gasteiger charge is 2.38. The van der Waals surface area contributed by atoms with Crippen molar-refractivity contribution in [2.75, 3.05) is 16.2 Å². The average molecular weight is 670 g/mol. The molecule has 0 radical (unpaired) electrons. The maximum absolute atomic E-state index is 14.1. The lowest BCUT2D eigenvalue weighted by Crippen LogP contribution is -2.41. The van der Waals surface area contributed by atoms with Gasteiger partial charge in [0.2, 0.25) is 0 Å². The number of hydrogen-bond donors (Lipinski definition) is 1. The van der Waals surface area contributed by atoms with Crippen LogP contribution in [-0.4, -0.2) is 38.2 Å². The van der Waals surface area contributed by atoms with Gasteiger partial charge in [0, 0.05) is 46.3 Å². The number of imidazole rings is 1. The first-order valence-corrected chi connectivity index (χ1v) is 19.4. The Labute approximate surface area is 259 Å². The van der Waals surface area contributed by atoms with Crippen LogP contribution in [0.4, 0.5) is 11.4 Å². The molecule has 0 aliphatic carbocycles. The summed E-state index contributed by atoms with van der Waals surface area (Å²) in [5.41, 5.74) is 5.84. The van der Waals surface area contributed by atoms with E-state index in [0.717, 1.165) is 38.1 Å². The van der Waals surface area contributed by atoms with Crippen molar-refractivity contribution < 1.29 is 12.8 Å². The molecule has 10 heteroatoms. The van der Waals surface area contributed by atoms with Gasteiger partial charge in [0.1, 0.15) is 0 Å². The second-order valence-corrected chi connectivity index (χ2v) is 21.2. The van der Waals surface area contributed by atoms with Gasteiger partial charge in [0.05, 0.1) is 22.9 Å². The molecule has 1 aliphatic rings. The lowest BCUT2D eigenvalue weighted by atomic mass is 9.98. The number of aromatic nitrogens is 2. The molecular weight excluding hydrogens is 628 g/mol. The van der Waals surface area contributed by atoms with Crippen LogP contribution in [0, 0.1) is 0 Å². The van der Waals surface area contributed by atoms with Crippen LogP contribution in [0.3, 0.4) is 0 Å².